The van der Waals surface area contributed by atoms with Crippen LogP contribution in [0.15, 0.2) is 23.3 Å². The number of ether oxygens (including phenoxy) is 4. The van der Waals surface area contributed by atoms with E-state index in [1.165, 1.54) is 6.33 Å². The zero-order valence-electron chi connectivity index (χ0n) is 20.0. The fourth-order valence-electron chi connectivity index (χ4n) is 4.22. The second-order valence-corrected chi connectivity index (χ2v) is 8.69. The number of nitrogens with zero attached hydrogens (tertiary/aromatic N) is 2. The van der Waals surface area contributed by atoms with Gasteiger partial charge in [-0.15, -0.1) is 0 Å². The molecule has 0 aliphatic carbocycles. The molecular formula is C24H39N3O5. The number of aromatic amines is 1. The summed E-state index contributed by atoms with van der Waals surface area (Å²) < 4.78 is 27.1. The number of fused-ring (bicyclic) bond motifs is 1. The smallest absolute Gasteiger partial charge is 0.275 e. The third kappa shape index (κ3) is 5.42. The molecule has 0 radical (unpaired) electrons. The first-order valence-electron chi connectivity index (χ1n) is 12.1. The number of hydrogen-bond donors (Lipinski definition) is 1. The van der Waals surface area contributed by atoms with E-state index >= 15 is 0 Å². The largest absolute Gasteiger partial charge is 0.379 e. The van der Waals surface area contributed by atoms with Crippen LogP contribution in [0.4, 0.5) is 0 Å². The minimum Gasteiger partial charge on any atom is -0.379 e. The van der Waals surface area contributed by atoms with Crippen molar-refractivity contribution in [1.82, 2.24) is 14.6 Å². The van der Waals surface area contributed by atoms with Gasteiger partial charge in [-0.25, -0.2) is 4.52 Å². The molecule has 3 heterocycles. The summed E-state index contributed by atoms with van der Waals surface area (Å²) in [6.45, 7) is 10.9. The van der Waals surface area contributed by atoms with E-state index in [9.17, 15) is 4.79 Å². The van der Waals surface area contributed by atoms with Crippen molar-refractivity contribution in [3.8, 4) is 0 Å². The lowest BCUT2D eigenvalue weighted by Crippen LogP contribution is -2.48. The van der Waals surface area contributed by atoms with Gasteiger partial charge in [0.25, 0.3) is 5.56 Å². The van der Waals surface area contributed by atoms with Crippen LogP contribution in [0, 0.1) is 0 Å². The van der Waals surface area contributed by atoms with Crippen LogP contribution in [0.25, 0.3) is 5.52 Å². The maximum absolute atomic E-state index is 12.3. The molecule has 8 nitrogen and oxygen atoms in total. The minimum absolute atomic E-state index is 0.187. The molecule has 1 fully saturated rings. The van der Waals surface area contributed by atoms with Crippen LogP contribution in [0.3, 0.4) is 0 Å². The fraction of sp³-hybridized carbons (Fsp3) is 0.750. The molecule has 32 heavy (non-hydrogen) atoms. The second kappa shape index (κ2) is 11.9. The Labute approximate surface area is 190 Å². The van der Waals surface area contributed by atoms with Crippen LogP contribution < -0.4 is 5.56 Å². The average molecular weight is 450 g/mol. The molecule has 0 unspecified atom stereocenters. The molecule has 180 valence electrons. The average Bonchev–Trinajstić information content (AvgIpc) is 3.32. The lowest BCUT2D eigenvalue weighted by Gasteiger charge is -2.35. The topological polar surface area (TPSA) is 87.1 Å². The maximum atomic E-state index is 12.3. The zero-order valence-corrected chi connectivity index (χ0v) is 20.0. The first-order valence-corrected chi connectivity index (χ1v) is 12.1. The van der Waals surface area contributed by atoms with Gasteiger partial charge in [0.15, 0.2) is 0 Å². The summed E-state index contributed by atoms with van der Waals surface area (Å²) in [4.78, 5) is 14.9. The lowest BCUT2D eigenvalue weighted by atomic mass is 9.90. The number of rotatable bonds is 14. The standard InChI is InChI=1S/C24H39N3O5/c1-5-8-13-29-16-20-22(30-14-9-6-2)24(4,31-15-10-7-3)21(32-20)18-11-12-19-23(28)25-17-26-27(18)19/h11-12,17,20-22H,5-10,13-16H2,1-4H3,(H,25,26,28)/t20-,21+,22-,24+/m1/s1. The normalized spacial score (nSPS) is 25.7. The van der Waals surface area contributed by atoms with Gasteiger partial charge in [-0.05, 0) is 38.3 Å². The Hall–Kier alpha value is -1.74. The van der Waals surface area contributed by atoms with Crippen LogP contribution in [0.1, 0.15) is 78.0 Å². The minimum atomic E-state index is -0.736. The van der Waals surface area contributed by atoms with E-state index in [-0.39, 0.29) is 17.8 Å². The van der Waals surface area contributed by atoms with Crippen molar-refractivity contribution in [3.63, 3.8) is 0 Å². The molecule has 8 heteroatoms. The second-order valence-electron chi connectivity index (χ2n) is 8.69. The molecule has 1 aliphatic heterocycles. The molecule has 3 rings (SSSR count). The van der Waals surface area contributed by atoms with Crippen LogP contribution in [0.5, 0.6) is 0 Å². The summed E-state index contributed by atoms with van der Waals surface area (Å²) in [6, 6.07) is 3.67. The summed E-state index contributed by atoms with van der Waals surface area (Å²) in [7, 11) is 0. The Balaban J connectivity index is 1.94. The van der Waals surface area contributed by atoms with E-state index in [1.807, 2.05) is 6.07 Å². The van der Waals surface area contributed by atoms with E-state index in [4.69, 9.17) is 18.9 Å². The van der Waals surface area contributed by atoms with Crippen molar-refractivity contribution >= 4 is 5.52 Å². The predicted molar refractivity (Wildman–Crippen MR) is 123 cm³/mol. The number of hydrogen-bond acceptors (Lipinski definition) is 6. The monoisotopic (exact) mass is 449 g/mol. The zero-order chi connectivity index (χ0) is 23.0. The van der Waals surface area contributed by atoms with Crippen molar-refractivity contribution < 1.29 is 18.9 Å². The summed E-state index contributed by atoms with van der Waals surface area (Å²) in [5, 5.41) is 4.37. The lowest BCUT2D eigenvalue weighted by molar-refractivity contribution is -0.138. The van der Waals surface area contributed by atoms with E-state index in [0.717, 1.165) is 44.2 Å². The highest BCUT2D eigenvalue weighted by Crippen LogP contribution is 2.46. The quantitative estimate of drug-likeness (QED) is 0.438. The van der Waals surface area contributed by atoms with Gasteiger partial charge in [-0.1, -0.05) is 40.0 Å². The third-order valence-electron chi connectivity index (χ3n) is 6.12. The first-order chi connectivity index (χ1) is 15.6. The van der Waals surface area contributed by atoms with Crippen molar-refractivity contribution in [3.05, 3.63) is 34.5 Å². The summed E-state index contributed by atoms with van der Waals surface area (Å²) in [5.74, 6) is 0. The molecule has 4 atom stereocenters. The molecule has 2 aromatic rings. The van der Waals surface area contributed by atoms with Gasteiger partial charge in [-0.3, -0.25) is 4.79 Å². The van der Waals surface area contributed by atoms with Crippen LogP contribution in [0.2, 0.25) is 0 Å². The molecule has 1 aliphatic rings. The number of aromatic nitrogens is 3. The van der Waals surface area contributed by atoms with Crippen molar-refractivity contribution in [2.45, 2.75) is 90.1 Å². The third-order valence-corrected chi connectivity index (χ3v) is 6.12. The van der Waals surface area contributed by atoms with Crippen molar-refractivity contribution in [1.29, 1.82) is 0 Å². The maximum Gasteiger partial charge on any atom is 0.275 e. The number of nitrogens with one attached hydrogen (secondary N) is 1. The molecule has 2 aromatic heterocycles. The molecule has 1 N–H and O–H groups in total. The van der Waals surface area contributed by atoms with Gasteiger partial charge in [0.2, 0.25) is 0 Å². The molecule has 0 amide bonds. The highest BCUT2D eigenvalue weighted by molar-refractivity contribution is 5.47. The molecule has 0 bridgehead atoms. The molecule has 0 saturated carbocycles. The van der Waals surface area contributed by atoms with Gasteiger partial charge in [0, 0.05) is 19.8 Å². The van der Waals surface area contributed by atoms with Crippen LogP contribution in [-0.4, -0.2) is 58.8 Å². The summed E-state index contributed by atoms with van der Waals surface area (Å²) in [5.41, 5.74) is 0.340. The summed E-state index contributed by atoms with van der Waals surface area (Å²) >= 11 is 0. The van der Waals surface area contributed by atoms with E-state index in [2.05, 4.69) is 37.8 Å². The molecule has 1 saturated heterocycles. The Kier molecular flexibility index (Phi) is 9.28. The van der Waals surface area contributed by atoms with E-state index in [1.54, 1.807) is 10.6 Å². The van der Waals surface area contributed by atoms with Gasteiger partial charge in [0.1, 0.15) is 35.8 Å². The van der Waals surface area contributed by atoms with E-state index in [0.29, 0.717) is 31.9 Å². The fourth-order valence-corrected chi connectivity index (χ4v) is 4.22. The predicted octanol–water partition coefficient (Wildman–Crippen LogP) is 4.04. The highest BCUT2D eigenvalue weighted by Gasteiger charge is 2.57. The van der Waals surface area contributed by atoms with Gasteiger partial charge in [-0.2, -0.15) is 5.10 Å². The van der Waals surface area contributed by atoms with Crippen LogP contribution in [-0.2, 0) is 18.9 Å². The Morgan fingerprint density at radius 1 is 1.09 bits per heavy atom. The van der Waals surface area contributed by atoms with Gasteiger partial charge < -0.3 is 23.9 Å². The Morgan fingerprint density at radius 2 is 1.81 bits per heavy atom. The summed E-state index contributed by atoms with van der Waals surface area (Å²) in [6.07, 6.45) is 6.52. The highest BCUT2D eigenvalue weighted by atomic mass is 16.6. The number of unbranched alkanes of at least 4 members (excludes halogenated alkanes) is 3. The molecule has 0 aromatic carbocycles. The SMILES string of the molecule is CCCCOC[C@H]1O[C@@H](c2ccc3c(=O)[nH]cnn23)[C@](C)(OCCCC)[C@@H]1OCCCC. The van der Waals surface area contributed by atoms with E-state index < -0.39 is 11.7 Å². The Bertz CT molecular complexity index is 882. The van der Waals surface area contributed by atoms with Gasteiger partial charge in [0.05, 0.1) is 12.3 Å². The Morgan fingerprint density at radius 3 is 2.56 bits per heavy atom. The van der Waals surface area contributed by atoms with Crippen LogP contribution >= 0.6 is 0 Å². The molecular weight excluding hydrogens is 410 g/mol. The number of H-pyrrole nitrogens is 1. The van der Waals surface area contributed by atoms with Crippen molar-refractivity contribution in [2.75, 3.05) is 26.4 Å². The van der Waals surface area contributed by atoms with Gasteiger partial charge >= 0.3 is 0 Å². The first kappa shape index (κ1) is 24.9. The molecule has 0 spiro atoms. The van der Waals surface area contributed by atoms with Crippen molar-refractivity contribution in [2.24, 2.45) is 0 Å².